The van der Waals surface area contributed by atoms with Gasteiger partial charge < -0.3 is 20.5 Å². The molecule has 1 aromatic heterocycles. The van der Waals surface area contributed by atoms with E-state index in [0.29, 0.717) is 19.6 Å². The van der Waals surface area contributed by atoms with Crippen LogP contribution >= 0.6 is 0 Å². The van der Waals surface area contributed by atoms with Gasteiger partial charge in [0.25, 0.3) is 0 Å². The van der Waals surface area contributed by atoms with Crippen LogP contribution in [0.2, 0.25) is 0 Å². The van der Waals surface area contributed by atoms with Crippen LogP contribution in [0.15, 0.2) is 12.4 Å². The van der Waals surface area contributed by atoms with E-state index in [0.717, 1.165) is 31.2 Å². The Balaban J connectivity index is 1.84. The fraction of sp³-hybridized carbons (Fsp3) is 0.737. The Kier molecular flexibility index (Phi) is 8.74. The Morgan fingerprint density at radius 3 is 2.89 bits per heavy atom. The number of aliphatic hydroxyl groups is 1. The second kappa shape index (κ2) is 11.0. The molecule has 1 fully saturated rings. The zero-order chi connectivity index (χ0) is 19.6. The maximum atomic E-state index is 12.5. The Morgan fingerprint density at radius 2 is 2.22 bits per heavy atom. The lowest BCUT2D eigenvalue weighted by molar-refractivity contribution is -0.130. The van der Waals surface area contributed by atoms with E-state index in [4.69, 9.17) is 9.84 Å². The van der Waals surface area contributed by atoms with Gasteiger partial charge in [0, 0.05) is 38.7 Å². The van der Waals surface area contributed by atoms with E-state index in [2.05, 4.69) is 15.7 Å². The summed E-state index contributed by atoms with van der Waals surface area (Å²) in [4.78, 5) is 24.4. The van der Waals surface area contributed by atoms with E-state index in [1.54, 1.807) is 10.9 Å². The van der Waals surface area contributed by atoms with Crippen molar-refractivity contribution in [2.24, 2.45) is 13.0 Å². The number of hydrogen-bond acceptors (Lipinski definition) is 5. The Labute approximate surface area is 160 Å². The molecule has 1 aliphatic carbocycles. The van der Waals surface area contributed by atoms with E-state index < -0.39 is 0 Å². The van der Waals surface area contributed by atoms with Gasteiger partial charge in [-0.3, -0.25) is 14.3 Å². The molecule has 27 heavy (non-hydrogen) atoms. The van der Waals surface area contributed by atoms with Crippen LogP contribution in [-0.4, -0.2) is 58.6 Å². The van der Waals surface area contributed by atoms with Gasteiger partial charge in [-0.25, -0.2) is 0 Å². The van der Waals surface area contributed by atoms with Crippen molar-refractivity contribution in [3.8, 4) is 0 Å². The molecule has 3 atom stereocenters. The second-order valence-electron chi connectivity index (χ2n) is 7.13. The summed E-state index contributed by atoms with van der Waals surface area (Å²) in [6, 6.07) is -0.196. The number of carbonyl (C=O) groups is 2. The van der Waals surface area contributed by atoms with Gasteiger partial charge in [0.15, 0.2) is 0 Å². The molecular formula is C19H32N4O4. The monoisotopic (exact) mass is 380 g/mol. The van der Waals surface area contributed by atoms with E-state index in [-0.39, 0.29) is 42.9 Å². The Hall–Kier alpha value is -1.93. The van der Waals surface area contributed by atoms with Gasteiger partial charge in [0.2, 0.25) is 11.8 Å². The molecule has 0 radical (unpaired) electrons. The summed E-state index contributed by atoms with van der Waals surface area (Å²) in [6.45, 7) is 3.06. The van der Waals surface area contributed by atoms with Crippen LogP contribution < -0.4 is 10.6 Å². The molecule has 152 valence electrons. The number of amides is 2. The van der Waals surface area contributed by atoms with Gasteiger partial charge in [-0.1, -0.05) is 6.92 Å². The average Bonchev–Trinajstić information content (AvgIpc) is 3.06. The first-order valence-electron chi connectivity index (χ1n) is 9.80. The van der Waals surface area contributed by atoms with Crippen LogP contribution in [-0.2, 0) is 27.8 Å². The van der Waals surface area contributed by atoms with Crippen molar-refractivity contribution in [3.05, 3.63) is 18.0 Å². The van der Waals surface area contributed by atoms with Crippen molar-refractivity contribution in [2.75, 3.05) is 19.8 Å². The summed E-state index contributed by atoms with van der Waals surface area (Å²) >= 11 is 0. The second-order valence-corrected chi connectivity index (χ2v) is 7.13. The Bertz CT molecular complexity index is 604. The number of nitrogens with zero attached hydrogens (tertiary/aromatic N) is 2. The standard InChI is InChI=1S/C19H32N4O4/c1-3-10-27-17-5-4-15(11-16(17)22-18(25)7-9-24)19(26)20-8-6-14-12-21-23(2)13-14/h12-13,15-17,24H,3-11H2,1-2H3,(H,20,26)(H,22,25)/t15-,16+,17+/m0/s1. The van der Waals surface area contributed by atoms with Gasteiger partial charge in [0.05, 0.1) is 24.9 Å². The topological polar surface area (TPSA) is 105 Å². The van der Waals surface area contributed by atoms with Crippen LogP contribution in [0.5, 0.6) is 0 Å². The summed E-state index contributed by atoms with van der Waals surface area (Å²) in [7, 11) is 1.87. The predicted octanol–water partition coefficient (Wildman–Crippen LogP) is 0.541. The van der Waals surface area contributed by atoms with E-state index >= 15 is 0 Å². The van der Waals surface area contributed by atoms with Crippen molar-refractivity contribution in [3.63, 3.8) is 0 Å². The lowest BCUT2D eigenvalue weighted by atomic mass is 9.83. The minimum Gasteiger partial charge on any atom is -0.396 e. The molecule has 1 saturated carbocycles. The molecule has 0 bridgehead atoms. The van der Waals surface area contributed by atoms with Gasteiger partial charge in [-0.15, -0.1) is 0 Å². The Morgan fingerprint density at radius 1 is 1.41 bits per heavy atom. The van der Waals surface area contributed by atoms with E-state index in [1.807, 2.05) is 20.2 Å². The van der Waals surface area contributed by atoms with Crippen LogP contribution in [0.4, 0.5) is 0 Å². The van der Waals surface area contributed by atoms with Crippen molar-refractivity contribution in [2.45, 2.75) is 57.6 Å². The number of ether oxygens (including phenoxy) is 1. The highest BCUT2D eigenvalue weighted by Gasteiger charge is 2.35. The first-order valence-corrected chi connectivity index (χ1v) is 9.80. The van der Waals surface area contributed by atoms with Crippen molar-refractivity contribution >= 4 is 11.8 Å². The molecule has 8 heteroatoms. The number of carbonyl (C=O) groups excluding carboxylic acids is 2. The SMILES string of the molecule is CCCO[C@@H]1CC[C@H](C(=O)NCCc2cnn(C)c2)C[C@H]1NC(=O)CCO. The smallest absolute Gasteiger partial charge is 0.223 e. The molecule has 1 aromatic rings. The molecule has 2 rings (SSSR count). The van der Waals surface area contributed by atoms with Gasteiger partial charge >= 0.3 is 0 Å². The molecule has 0 aromatic carbocycles. The number of hydrogen-bond donors (Lipinski definition) is 3. The lowest BCUT2D eigenvalue weighted by Crippen LogP contribution is -2.50. The predicted molar refractivity (Wildman–Crippen MR) is 101 cm³/mol. The molecule has 1 aliphatic rings. The number of rotatable bonds is 10. The third kappa shape index (κ3) is 6.95. The van der Waals surface area contributed by atoms with Crippen molar-refractivity contribution in [1.82, 2.24) is 20.4 Å². The maximum absolute atomic E-state index is 12.5. The zero-order valence-corrected chi connectivity index (χ0v) is 16.3. The number of aromatic nitrogens is 2. The van der Waals surface area contributed by atoms with Crippen LogP contribution in [0.25, 0.3) is 0 Å². The van der Waals surface area contributed by atoms with E-state index in [1.165, 1.54) is 0 Å². The molecule has 0 spiro atoms. The van der Waals surface area contributed by atoms with Crippen LogP contribution in [0.3, 0.4) is 0 Å². The highest BCUT2D eigenvalue weighted by Crippen LogP contribution is 2.27. The minimum absolute atomic E-state index is 0.0224. The van der Waals surface area contributed by atoms with Crippen molar-refractivity contribution in [1.29, 1.82) is 0 Å². The maximum Gasteiger partial charge on any atom is 0.223 e. The molecule has 0 unspecified atom stereocenters. The van der Waals surface area contributed by atoms with Crippen LogP contribution in [0.1, 0.15) is 44.6 Å². The molecular weight excluding hydrogens is 348 g/mol. The highest BCUT2D eigenvalue weighted by atomic mass is 16.5. The summed E-state index contributed by atoms with van der Waals surface area (Å²) < 4.78 is 7.62. The highest BCUT2D eigenvalue weighted by molar-refractivity contribution is 5.79. The fourth-order valence-electron chi connectivity index (χ4n) is 3.46. The molecule has 0 aliphatic heterocycles. The molecule has 1 heterocycles. The number of aryl methyl sites for hydroxylation is 1. The minimum atomic E-state index is -0.203. The average molecular weight is 380 g/mol. The largest absolute Gasteiger partial charge is 0.396 e. The molecule has 3 N–H and O–H groups in total. The van der Waals surface area contributed by atoms with Gasteiger partial charge in [-0.05, 0) is 37.7 Å². The zero-order valence-electron chi connectivity index (χ0n) is 16.3. The number of nitrogens with one attached hydrogen (secondary N) is 2. The van der Waals surface area contributed by atoms with Crippen LogP contribution in [0, 0.1) is 5.92 Å². The van der Waals surface area contributed by atoms with Gasteiger partial charge in [0.1, 0.15) is 0 Å². The first kappa shape index (κ1) is 21.4. The lowest BCUT2D eigenvalue weighted by Gasteiger charge is -2.36. The first-order chi connectivity index (χ1) is 13.0. The third-order valence-corrected chi connectivity index (χ3v) is 4.85. The third-order valence-electron chi connectivity index (χ3n) is 4.85. The van der Waals surface area contributed by atoms with Crippen molar-refractivity contribution < 1.29 is 19.4 Å². The summed E-state index contributed by atoms with van der Waals surface area (Å²) in [5.41, 5.74) is 1.09. The summed E-state index contributed by atoms with van der Waals surface area (Å²) in [5.74, 6) is -0.320. The quantitative estimate of drug-likeness (QED) is 0.549. The summed E-state index contributed by atoms with van der Waals surface area (Å²) in [6.07, 6.45) is 7.43. The molecule has 2 amide bonds. The van der Waals surface area contributed by atoms with E-state index in [9.17, 15) is 9.59 Å². The summed E-state index contributed by atoms with van der Waals surface area (Å²) in [5, 5.41) is 19.0. The van der Waals surface area contributed by atoms with Gasteiger partial charge in [-0.2, -0.15) is 5.10 Å². The normalized spacial score (nSPS) is 22.4. The fourth-order valence-corrected chi connectivity index (χ4v) is 3.46. The molecule has 0 saturated heterocycles. The molecule has 8 nitrogen and oxygen atoms in total. The number of aliphatic hydroxyl groups excluding tert-OH is 1.